The minimum atomic E-state index is -0.511. The van der Waals surface area contributed by atoms with Crippen LogP contribution < -0.4 is 11.1 Å². The monoisotopic (exact) mass is 306 g/mol. The Morgan fingerprint density at radius 3 is 2.45 bits per heavy atom. The Kier molecular flexibility index (Phi) is 6.85. The summed E-state index contributed by atoms with van der Waals surface area (Å²) in [6.45, 7) is 6.26. The number of anilines is 1. The van der Waals surface area contributed by atoms with Crippen molar-refractivity contribution in [1.29, 1.82) is 0 Å². The van der Waals surface area contributed by atoms with E-state index in [1.807, 2.05) is 19.0 Å². The molecule has 0 saturated carbocycles. The highest BCUT2D eigenvalue weighted by molar-refractivity contribution is 5.95. The fourth-order valence-electron chi connectivity index (χ4n) is 1.99. The first-order valence-electron chi connectivity index (χ1n) is 7.40. The largest absolute Gasteiger partial charge is 0.366 e. The Labute approximate surface area is 132 Å². The maximum Gasteiger partial charge on any atom is 0.321 e. The number of carbonyl (C=O) groups is 2. The van der Waals surface area contributed by atoms with Gasteiger partial charge in [-0.2, -0.15) is 0 Å². The standard InChI is InChI=1S/C16H26N4O2/c1-12(2)11-20(9-8-19(3)4)16(22)18-14-7-5-6-13(10-14)15(17)21/h5-7,10,12H,8-9,11H2,1-4H3,(H2,17,21)(H,18,22). The average Bonchev–Trinajstić information content (AvgIpc) is 2.43. The van der Waals surface area contributed by atoms with Crippen LogP contribution in [0.1, 0.15) is 24.2 Å². The minimum Gasteiger partial charge on any atom is -0.366 e. The number of primary amides is 1. The summed E-state index contributed by atoms with van der Waals surface area (Å²) in [6.07, 6.45) is 0. The molecule has 0 spiro atoms. The van der Waals surface area contributed by atoms with Crippen LogP contribution in [0.4, 0.5) is 10.5 Å². The third-order valence-electron chi connectivity index (χ3n) is 3.09. The van der Waals surface area contributed by atoms with Crippen LogP contribution in [0, 0.1) is 5.92 Å². The predicted molar refractivity (Wildman–Crippen MR) is 88.9 cm³/mol. The van der Waals surface area contributed by atoms with Crippen molar-refractivity contribution in [3.8, 4) is 0 Å². The molecule has 0 radical (unpaired) electrons. The predicted octanol–water partition coefficient (Wildman–Crippen LogP) is 1.84. The molecule has 0 saturated heterocycles. The summed E-state index contributed by atoms with van der Waals surface area (Å²) < 4.78 is 0. The summed E-state index contributed by atoms with van der Waals surface area (Å²) in [5, 5.41) is 2.83. The number of nitrogens with zero attached hydrogens (tertiary/aromatic N) is 2. The molecule has 0 aliphatic rings. The number of nitrogens with one attached hydrogen (secondary N) is 1. The third-order valence-corrected chi connectivity index (χ3v) is 3.09. The van der Waals surface area contributed by atoms with Gasteiger partial charge in [0.05, 0.1) is 0 Å². The summed E-state index contributed by atoms with van der Waals surface area (Å²) in [7, 11) is 3.95. The van der Waals surface area contributed by atoms with E-state index >= 15 is 0 Å². The molecule has 0 aliphatic carbocycles. The molecule has 1 rings (SSSR count). The van der Waals surface area contributed by atoms with Crippen LogP contribution in [-0.2, 0) is 0 Å². The van der Waals surface area contributed by atoms with E-state index in [-0.39, 0.29) is 6.03 Å². The number of amides is 3. The highest BCUT2D eigenvalue weighted by Gasteiger charge is 2.15. The molecule has 6 heteroatoms. The van der Waals surface area contributed by atoms with Crippen molar-refractivity contribution in [2.75, 3.05) is 39.0 Å². The van der Waals surface area contributed by atoms with E-state index in [0.717, 1.165) is 6.54 Å². The van der Waals surface area contributed by atoms with Crippen LogP contribution >= 0.6 is 0 Å². The number of urea groups is 1. The molecule has 1 aromatic rings. The first-order valence-corrected chi connectivity index (χ1v) is 7.40. The van der Waals surface area contributed by atoms with Crippen LogP contribution in [0.2, 0.25) is 0 Å². The summed E-state index contributed by atoms with van der Waals surface area (Å²) in [5.41, 5.74) is 6.20. The van der Waals surface area contributed by atoms with Gasteiger partial charge in [-0.25, -0.2) is 4.79 Å². The van der Waals surface area contributed by atoms with E-state index in [9.17, 15) is 9.59 Å². The lowest BCUT2D eigenvalue weighted by Gasteiger charge is -2.26. The van der Waals surface area contributed by atoms with E-state index in [1.54, 1.807) is 29.2 Å². The SMILES string of the molecule is CC(C)CN(CCN(C)C)C(=O)Nc1cccc(C(N)=O)c1. The number of likely N-dealkylation sites (N-methyl/N-ethyl adjacent to an activating group) is 1. The normalized spacial score (nSPS) is 10.8. The second kappa shape index (κ2) is 8.38. The quantitative estimate of drug-likeness (QED) is 0.806. The van der Waals surface area contributed by atoms with E-state index < -0.39 is 5.91 Å². The second-order valence-electron chi connectivity index (χ2n) is 6.02. The van der Waals surface area contributed by atoms with E-state index in [4.69, 9.17) is 5.73 Å². The lowest BCUT2D eigenvalue weighted by atomic mass is 10.2. The van der Waals surface area contributed by atoms with Gasteiger partial charge in [-0.05, 0) is 38.2 Å². The molecule has 3 amide bonds. The molecule has 0 bridgehead atoms. The number of hydrogen-bond acceptors (Lipinski definition) is 3. The van der Waals surface area contributed by atoms with E-state index in [2.05, 4.69) is 19.2 Å². The maximum atomic E-state index is 12.4. The van der Waals surface area contributed by atoms with Gasteiger partial charge in [0.2, 0.25) is 5.91 Å². The van der Waals surface area contributed by atoms with Crippen LogP contribution in [0.25, 0.3) is 0 Å². The van der Waals surface area contributed by atoms with Crippen molar-refractivity contribution >= 4 is 17.6 Å². The Hall–Kier alpha value is -2.08. The molecule has 0 fully saturated rings. The van der Waals surface area contributed by atoms with Crippen LogP contribution in [0.3, 0.4) is 0 Å². The average molecular weight is 306 g/mol. The van der Waals surface area contributed by atoms with Crippen LogP contribution in [-0.4, -0.2) is 55.5 Å². The highest BCUT2D eigenvalue weighted by Crippen LogP contribution is 2.12. The summed E-state index contributed by atoms with van der Waals surface area (Å²) in [5.74, 6) is -0.132. The maximum absolute atomic E-state index is 12.4. The number of nitrogens with two attached hydrogens (primary N) is 1. The van der Waals surface area contributed by atoms with E-state index in [1.165, 1.54) is 0 Å². The summed E-state index contributed by atoms with van der Waals surface area (Å²) in [6, 6.07) is 6.47. The van der Waals surface area contributed by atoms with Gasteiger partial charge < -0.3 is 20.9 Å². The van der Waals surface area contributed by atoms with Crippen LogP contribution in [0.5, 0.6) is 0 Å². The molecule has 0 atom stereocenters. The molecular weight excluding hydrogens is 280 g/mol. The molecule has 0 aromatic heterocycles. The number of hydrogen-bond donors (Lipinski definition) is 2. The zero-order chi connectivity index (χ0) is 16.7. The Bertz CT molecular complexity index is 515. The minimum absolute atomic E-state index is 0.169. The lowest BCUT2D eigenvalue weighted by Crippen LogP contribution is -2.41. The number of carbonyl (C=O) groups excluding carboxylic acids is 2. The van der Waals surface area contributed by atoms with Gasteiger partial charge >= 0.3 is 6.03 Å². The van der Waals surface area contributed by atoms with Crippen molar-refractivity contribution in [3.05, 3.63) is 29.8 Å². The zero-order valence-corrected chi connectivity index (χ0v) is 13.8. The second-order valence-corrected chi connectivity index (χ2v) is 6.02. The third kappa shape index (κ3) is 6.13. The first kappa shape index (κ1) is 18.0. The molecular formula is C16H26N4O2. The van der Waals surface area contributed by atoms with Crippen molar-refractivity contribution < 1.29 is 9.59 Å². The lowest BCUT2D eigenvalue weighted by molar-refractivity contribution is 0.1000. The molecule has 0 unspecified atom stereocenters. The highest BCUT2D eigenvalue weighted by atomic mass is 16.2. The number of rotatable bonds is 7. The van der Waals surface area contributed by atoms with Crippen molar-refractivity contribution in [2.24, 2.45) is 11.7 Å². The van der Waals surface area contributed by atoms with Gasteiger partial charge in [-0.3, -0.25) is 4.79 Å². The molecule has 0 heterocycles. The molecule has 22 heavy (non-hydrogen) atoms. The zero-order valence-electron chi connectivity index (χ0n) is 13.8. The fourth-order valence-corrected chi connectivity index (χ4v) is 1.99. The smallest absolute Gasteiger partial charge is 0.321 e. The molecule has 1 aromatic carbocycles. The molecule has 122 valence electrons. The topological polar surface area (TPSA) is 78.7 Å². The van der Waals surface area contributed by atoms with Gasteiger partial charge in [0.25, 0.3) is 0 Å². The van der Waals surface area contributed by atoms with Gasteiger partial charge in [0.15, 0.2) is 0 Å². The number of benzene rings is 1. The Morgan fingerprint density at radius 1 is 1.23 bits per heavy atom. The van der Waals surface area contributed by atoms with Crippen LogP contribution in [0.15, 0.2) is 24.3 Å². The summed E-state index contributed by atoms with van der Waals surface area (Å²) in [4.78, 5) is 27.4. The Balaban J connectivity index is 2.76. The molecule has 3 N–H and O–H groups in total. The fraction of sp³-hybridized carbons (Fsp3) is 0.500. The molecule has 6 nitrogen and oxygen atoms in total. The van der Waals surface area contributed by atoms with Gasteiger partial charge in [0.1, 0.15) is 0 Å². The van der Waals surface area contributed by atoms with Crippen molar-refractivity contribution in [3.63, 3.8) is 0 Å². The first-order chi connectivity index (χ1) is 10.3. The Morgan fingerprint density at radius 2 is 1.91 bits per heavy atom. The van der Waals surface area contributed by atoms with Crippen molar-refractivity contribution in [2.45, 2.75) is 13.8 Å². The summed E-state index contributed by atoms with van der Waals surface area (Å²) >= 11 is 0. The van der Waals surface area contributed by atoms with Gasteiger partial charge in [-0.15, -0.1) is 0 Å². The van der Waals surface area contributed by atoms with Gasteiger partial charge in [-0.1, -0.05) is 19.9 Å². The molecule has 0 aliphatic heterocycles. The van der Waals surface area contributed by atoms with Crippen molar-refractivity contribution in [1.82, 2.24) is 9.80 Å². The van der Waals surface area contributed by atoms with E-state index in [0.29, 0.717) is 30.3 Å². The van der Waals surface area contributed by atoms with Gasteiger partial charge in [0, 0.05) is 30.9 Å².